The fraction of sp³-hybridized carbons (Fsp3) is 0.538. The highest BCUT2D eigenvalue weighted by atomic mass is 35.5. The van der Waals surface area contributed by atoms with Crippen LogP contribution in [0.3, 0.4) is 0 Å². The number of halogens is 5. The predicted molar refractivity (Wildman–Crippen MR) is 70.7 cm³/mol. The highest BCUT2D eigenvalue weighted by Crippen LogP contribution is 2.36. The van der Waals surface area contributed by atoms with Gasteiger partial charge in [0.1, 0.15) is 5.82 Å². The van der Waals surface area contributed by atoms with Crippen LogP contribution in [0.15, 0.2) is 12.1 Å². The van der Waals surface area contributed by atoms with E-state index in [4.69, 9.17) is 11.6 Å². The van der Waals surface area contributed by atoms with E-state index in [2.05, 4.69) is 5.32 Å². The summed E-state index contributed by atoms with van der Waals surface area (Å²) >= 11 is 5.58. The molecule has 1 saturated heterocycles. The number of alkyl halides is 3. The summed E-state index contributed by atoms with van der Waals surface area (Å²) < 4.78 is 52.6. The summed E-state index contributed by atoms with van der Waals surface area (Å²) in [4.78, 5) is 1.74. The Morgan fingerprint density at radius 3 is 2.43 bits per heavy atom. The number of nitrogens with one attached hydrogen (secondary N) is 1. The third kappa shape index (κ3) is 3.66. The van der Waals surface area contributed by atoms with Gasteiger partial charge in [-0.1, -0.05) is 11.6 Å². The minimum Gasteiger partial charge on any atom is -0.394 e. The number of hydrogen-bond donors (Lipinski definition) is 2. The van der Waals surface area contributed by atoms with Crippen LogP contribution < -0.4 is 5.32 Å². The zero-order chi connectivity index (χ0) is 15.6. The van der Waals surface area contributed by atoms with Gasteiger partial charge in [-0.3, -0.25) is 4.90 Å². The molecule has 0 aromatic heterocycles. The quantitative estimate of drug-likeness (QED) is 0.838. The molecule has 0 spiro atoms. The third-order valence-corrected chi connectivity index (χ3v) is 3.78. The third-order valence-electron chi connectivity index (χ3n) is 3.51. The Morgan fingerprint density at radius 1 is 1.29 bits per heavy atom. The molecule has 2 rings (SSSR count). The number of benzene rings is 1. The average molecular weight is 327 g/mol. The van der Waals surface area contributed by atoms with Gasteiger partial charge in [-0.05, 0) is 12.1 Å². The summed E-state index contributed by atoms with van der Waals surface area (Å²) in [5.74, 6) is -0.915. The van der Waals surface area contributed by atoms with Crippen molar-refractivity contribution in [2.24, 2.45) is 0 Å². The normalized spacial score (nSPS) is 18.8. The van der Waals surface area contributed by atoms with Crippen LogP contribution in [0.4, 0.5) is 17.6 Å². The molecule has 21 heavy (non-hydrogen) atoms. The Balaban J connectivity index is 2.42. The highest BCUT2D eigenvalue weighted by molar-refractivity contribution is 6.30. The smallest absolute Gasteiger partial charge is 0.394 e. The lowest BCUT2D eigenvalue weighted by atomic mass is 10.0. The molecular formula is C13H15ClF4N2O. The molecule has 1 fully saturated rings. The summed E-state index contributed by atoms with van der Waals surface area (Å²) in [6, 6.07) is 0.448. The molecular weight excluding hydrogens is 312 g/mol. The van der Waals surface area contributed by atoms with Gasteiger partial charge in [0.25, 0.3) is 0 Å². The van der Waals surface area contributed by atoms with Crippen molar-refractivity contribution in [1.29, 1.82) is 0 Å². The molecule has 0 aliphatic carbocycles. The van der Waals surface area contributed by atoms with E-state index in [1.54, 1.807) is 4.90 Å². The molecule has 2 N–H and O–H groups in total. The summed E-state index contributed by atoms with van der Waals surface area (Å²) in [7, 11) is 0. The van der Waals surface area contributed by atoms with Gasteiger partial charge in [-0.15, -0.1) is 0 Å². The van der Waals surface area contributed by atoms with Crippen molar-refractivity contribution in [3.63, 3.8) is 0 Å². The number of piperazine rings is 1. The van der Waals surface area contributed by atoms with Crippen LogP contribution in [0.5, 0.6) is 0 Å². The summed E-state index contributed by atoms with van der Waals surface area (Å²) in [5, 5.41) is 12.0. The fourth-order valence-electron chi connectivity index (χ4n) is 2.42. The number of hydrogen-bond acceptors (Lipinski definition) is 3. The second-order valence-electron chi connectivity index (χ2n) is 4.84. The van der Waals surface area contributed by atoms with Crippen LogP contribution in [0.2, 0.25) is 5.02 Å². The SMILES string of the molecule is OC[C@H](c1cc(C(F)(F)F)cc(Cl)c1F)N1CCNCC1. The van der Waals surface area contributed by atoms with Gasteiger partial charge in [0.05, 0.1) is 23.2 Å². The van der Waals surface area contributed by atoms with Crippen LogP contribution in [0.25, 0.3) is 0 Å². The molecule has 1 aliphatic heterocycles. The van der Waals surface area contributed by atoms with E-state index in [9.17, 15) is 22.7 Å². The number of rotatable bonds is 3. The summed E-state index contributed by atoms with van der Waals surface area (Å²) in [6.45, 7) is 1.81. The summed E-state index contributed by atoms with van der Waals surface area (Å²) in [6.07, 6.45) is -4.62. The van der Waals surface area contributed by atoms with Gasteiger partial charge in [0.2, 0.25) is 0 Å². The number of aliphatic hydroxyl groups excluding tert-OH is 1. The van der Waals surface area contributed by atoms with Crippen LogP contribution in [0.1, 0.15) is 17.2 Å². The first kappa shape index (κ1) is 16.5. The Bertz CT molecular complexity index is 504. The first-order valence-corrected chi connectivity index (χ1v) is 6.84. The number of nitrogens with zero attached hydrogens (tertiary/aromatic N) is 1. The molecule has 0 radical (unpaired) electrons. The molecule has 0 bridgehead atoms. The highest BCUT2D eigenvalue weighted by Gasteiger charge is 2.34. The lowest BCUT2D eigenvalue weighted by Gasteiger charge is -2.34. The monoisotopic (exact) mass is 326 g/mol. The van der Waals surface area contributed by atoms with Crippen molar-refractivity contribution < 1.29 is 22.7 Å². The van der Waals surface area contributed by atoms with E-state index in [0.717, 1.165) is 6.07 Å². The number of aliphatic hydroxyl groups is 1. The van der Waals surface area contributed by atoms with Gasteiger partial charge in [-0.2, -0.15) is 13.2 Å². The second kappa shape index (κ2) is 6.48. The standard InChI is InChI=1S/C13H15ClF4N2O/c14-10-6-8(13(16,17)18)5-9(12(10)15)11(7-21)20-3-1-19-2-4-20/h5-6,11,19,21H,1-4,7H2/t11-/m1/s1. The van der Waals surface area contributed by atoms with Crippen molar-refractivity contribution in [2.75, 3.05) is 32.8 Å². The average Bonchev–Trinajstić information content (AvgIpc) is 2.44. The van der Waals surface area contributed by atoms with Gasteiger partial charge in [0, 0.05) is 31.7 Å². The van der Waals surface area contributed by atoms with E-state index in [0.29, 0.717) is 32.2 Å². The Kier molecular flexibility index (Phi) is 5.08. The van der Waals surface area contributed by atoms with Crippen LogP contribution in [-0.4, -0.2) is 42.8 Å². The van der Waals surface area contributed by atoms with Crippen LogP contribution in [-0.2, 0) is 6.18 Å². The molecule has 8 heteroatoms. The van der Waals surface area contributed by atoms with E-state index < -0.39 is 35.2 Å². The molecule has 1 aliphatic rings. The maximum atomic E-state index is 14.1. The minimum absolute atomic E-state index is 0.223. The molecule has 1 aromatic rings. The van der Waals surface area contributed by atoms with E-state index in [-0.39, 0.29) is 5.56 Å². The molecule has 118 valence electrons. The molecule has 0 unspecified atom stereocenters. The predicted octanol–water partition coefficient (Wildman–Crippen LogP) is 2.44. The Hall–Kier alpha value is -0.890. The Labute approximate surface area is 124 Å². The first-order valence-electron chi connectivity index (χ1n) is 6.46. The molecule has 1 atom stereocenters. The minimum atomic E-state index is -4.62. The zero-order valence-electron chi connectivity index (χ0n) is 11.1. The van der Waals surface area contributed by atoms with Crippen molar-refractivity contribution in [3.8, 4) is 0 Å². The van der Waals surface area contributed by atoms with E-state index in [1.807, 2.05) is 0 Å². The maximum Gasteiger partial charge on any atom is 0.416 e. The molecule has 1 aromatic carbocycles. The van der Waals surface area contributed by atoms with Gasteiger partial charge in [0.15, 0.2) is 0 Å². The zero-order valence-corrected chi connectivity index (χ0v) is 11.8. The molecule has 3 nitrogen and oxygen atoms in total. The van der Waals surface area contributed by atoms with Crippen LogP contribution in [0, 0.1) is 5.82 Å². The largest absolute Gasteiger partial charge is 0.416 e. The van der Waals surface area contributed by atoms with E-state index in [1.165, 1.54) is 0 Å². The van der Waals surface area contributed by atoms with Gasteiger partial charge < -0.3 is 10.4 Å². The second-order valence-corrected chi connectivity index (χ2v) is 5.25. The van der Waals surface area contributed by atoms with Gasteiger partial charge in [-0.25, -0.2) is 4.39 Å². The lowest BCUT2D eigenvalue weighted by Crippen LogP contribution is -2.46. The van der Waals surface area contributed by atoms with Gasteiger partial charge >= 0.3 is 6.18 Å². The molecule has 0 saturated carbocycles. The first-order chi connectivity index (χ1) is 9.84. The summed E-state index contributed by atoms with van der Waals surface area (Å²) in [5.41, 5.74) is -1.24. The molecule has 0 amide bonds. The van der Waals surface area contributed by atoms with Crippen molar-refractivity contribution in [2.45, 2.75) is 12.2 Å². The van der Waals surface area contributed by atoms with Crippen molar-refractivity contribution in [1.82, 2.24) is 10.2 Å². The Morgan fingerprint density at radius 2 is 1.90 bits per heavy atom. The maximum absolute atomic E-state index is 14.1. The van der Waals surface area contributed by atoms with E-state index >= 15 is 0 Å². The molecule has 1 heterocycles. The lowest BCUT2D eigenvalue weighted by molar-refractivity contribution is -0.137. The van der Waals surface area contributed by atoms with Crippen molar-refractivity contribution in [3.05, 3.63) is 34.1 Å². The van der Waals surface area contributed by atoms with Crippen molar-refractivity contribution >= 4 is 11.6 Å². The topological polar surface area (TPSA) is 35.5 Å². The fourth-order valence-corrected chi connectivity index (χ4v) is 2.65. The van der Waals surface area contributed by atoms with Crippen LogP contribution >= 0.6 is 11.6 Å².